The van der Waals surface area contributed by atoms with Crippen LogP contribution in [0.2, 0.25) is 0 Å². The molecule has 7 heteroatoms. The van der Waals surface area contributed by atoms with E-state index in [4.69, 9.17) is 0 Å². The third kappa shape index (κ3) is 3.45. The maximum atomic E-state index is 11.7. The van der Waals surface area contributed by atoms with Crippen molar-refractivity contribution in [2.45, 2.75) is 6.36 Å². The Morgan fingerprint density at radius 3 is 2.53 bits per heavy atom. The molecule has 0 unspecified atom stereocenters. The maximum Gasteiger partial charge on any atom is 0.574 e. The van der Waals surface area contributed by atoms with Crippen LogP contribution < -0.4 is 10.1 Å². The summed E-state index contributed by atoms with van der Waals surface area (Å²) in [5, 5.41) is 2.31. The number of pyridine rings is 1. The Balaban J connectivity index is 2.77. The molecule has 0 aliphatic carbocycles. The highest BCUT2D eigenvalue weighted by molar-refractivity contribution is 5.93. The van der Waals surface area contributed by atoms with Crippen molar-refractivity contribution in [2.24, 2.45) is 0 Å². The molecule has 82 valence electrons. The molecule has 0 saturated carbocycles. The molecule has 0 aliphatic rings. The van der Waals surface area contributed by atoms with Gasteiger partial charge in [-0.1, -0.05) is 0 Å². The van der Waals surface area contributed by atoms with Gasteiger partial charge in [0.05, 0.1) is 5.56 Å². The molecule has 0 radical (unpaired) electrons. The maximum absolute atomic E-state index is 11.7. The van der Waals surface area contributed by atoms with Crippen molar-refractivity contribution in [2.75, 3.05) is 7.05 Å². The molecule has 1 heterocycles. The fraction of sp³-hybridized carbons (Fsp3) is 0.250. The quantitative estimate of drug-likeness (QED) is 0.818. The van der Waals surface area contributed by atoms with Crippen LogP contribution in [0.15, 0.2) is 18.3 Å². The Labute approximate surface area is 83.1 Å². The predicted molar refractivity (Wildman–Crippen MR) is 44.3 cm³/mol. The zero-order valence-corrected chi connectivity index (χ0v) is 7.63. The lowest BCUT2D eigenvalue weighted by molar-refractivity contribution is -0.276. The molecule has 1 amide bonds. The second kappa shape index (κ2) is 4.16. The van der Waals surface area contributed by atoms with Gasteiger partial charge in [0.15, 0.2) is 0 Å². The summed E-state index contributed by atoms with van der Waals surface area (Å²) in [6.07, 6.45) is -3.78. The number of ether oxygens (including phenoxy) is 1. The molecule has 0 spiro atoms. The minimum absolute atomic E-state index is 0.159. The number of alkyl halides is 3. The molecule has 0 bridgehead atoms. The fourth-order valence-electron chi connectivity index (χ4n) is 0.838. The highest BCUT2D eigenvalue weighted by Gasteiger charge is 2.31. The van der Waals surface area contributed by atoms with E-state index in [-0.39, 0.29) is 5.56 Å². The summed E-state index contributed by atoms with van der Waals surface area (Å²) >= 11 is 0. The number of hydrogen-bond acceptors (Lipinski definition) is 3. The Morgan fingerprint density at radius 2 is 2.13 bits per heavy atom. The first-order chi connectivity index (χ1) is 6.92. The second-order valence-electron chi connectivity index (χ2n) is 2.51. The zero-order valence-electron chi connectivity index (χ0n) is 7.63. The number of amides is 1. The molecule has 1 rings (SSSR count). The number of hydrogen-bond donors (Lipinski definition) is 1. The van der Waals surface area contributed by atoms with Crippen LogP contribution in [-0.2, 0) is 0 Å². The number of carbonyl (C=O) groups is 1. The van der Waals surface area contributed by atoms with Gasteiger partial charge in [-0.25, -0.2) is 4.98 Å². The molecule has 0 aliphatic heterocycles. The summed E-state index contributed by atoms with van der Waals surface area (Å²) in [6.45, 7) is 0. The van der Waals surface area contributed by atoms with E-state index in [1.807, 2.05) is 0 Å². The third-order valence-electron chi connectivity index (χ3n) is 1.45. The van der Waals surface area contributed by atoms with Crippen LogP contribution in [-0.4, -0.2) is 24.3 Å². The molecule has 4 nitrogen and oxygen atoms in total. The average molecular weight is 220 g/mol. The van der Waals surface area contributed by atoms with E-state index in [9.17, 15) is 18.0 Å². The van der Waals surface area contributed by atoms with Crippen molar-refractivity contribution >= 4 is 5.91 Å². The van der Waals surface area contributed by atoms with Crippen molar-refractivity contribution in [1.29, 1.82) is 0 Å². The summed E-state index contributed by atoms with van der Waals surface area (Å²) in [7, 11) is 1.41. The van der Waals surface area contributed by atoms with Gasteiger partial charge >= 0.3 is 6.36 Å². The summed E-state index contributed by atoms with van der Waals surface area (Å²) in [5.74, 6) is -1.03. The molecule has 0 saturated heterocycles. The van der Waals surface area contributed by atoms with Gasteiger partial charge in [-0.15, -0.1) is 13.2 Å². The number of carbonyl (C=O) groups excluding carboxylic acids is 1. The highest BCUT2D eigenvalue weighted by Crippen LogP contribution is 2.20. The molecule has 0 fully saturated rings. The van der Waals surface area contributed by atoms with Crippen molar-refractivity contribution in [3.05, 3.63) is 23.9 Å². The van der Waals surface area contributed by atoms with E-state index < -0.39 is 18.1 Å². The van der Waals surface area contributed by atoms with Gasteiger partial charge in [0, 0.05) is 19.3 Å². The van der Waals surface area contributed by atoms with Gasteiger partial charge in [0.1, 0.15) is 0 Å². The lowest BCUT2D eigenvalue weighted by Crippen LogP contribution is -2.19. The lowest BCUT2D eigenvalue weighted by atomic mass is 10.3. The normalized spacial score (nSPS) is 10.9. The number of aromatic nitrogens is 1. The van der Waals surface area contributed by atoms with Gasteiger partial charge < -0.3 is 10.1 Å². The van der Waals surface area contributed by atoms with Crippen molar-refractivity contribution < 1.29 is 22.7 Å². The van der Waals surface area contributed by atoms with E-state index in [0.29, 0.717) is 0 Å². The number of nitrogens with zero attached hydrogens (tertiary/aromatic N) is 1. The van der Waals surface area contributed by atoms with E-state index in [2.05, 4.69) is 15.0 Å². The van der Waals surface area contributed by atoms with Gasteiger partial charge in [-0.3, -0.25) is 4.79 Å². The van der Waals surface area contributed by atoms with Crippen LogP contribution in [0.25, 0.3) is 0 Å². The second-order valence-corrected chi connectivity index (χ2v) is 2.51. The van der Waals surface area contributed by atoms with Crippen LogP contribution >= 0.6 is 0 Å². The van der Waals surface area contributed by atoms with Crippen LogP contribution in [0.5, 0.6) is 5.88 Å². The van der Waals surface area contributed by atoms with Crippen LogP contribution in [0.4, 0.5) is 13.2 Å². The number of nitrogens with one attached hydrogen (secondary N) is 1. The molecule has 0 atom stereocenters. The number of halogens is 3. The summed E-state index contributed by atoms with van der Waals surface area (Å²) < 4.78 is 38.7. The molecule has 0 aromatic carbocycles. The number of rotatable bonds is 2. The molecule has 1 aromatic rings. The Kier molecular flexibility index (Phi) is 3.13. The van der Waals surface area contributed by atoms with Gasteiger partial charge in [-0.05, 0) is 6.07 Å². The third-order valence-corrected chi connectivity index (χ3v) is 1.45. The highest BCUT2D eigenvalue weighted by atomic mass is 19.4. The van der Waals surface area contributed by atoms with Crippen molar-refractivity contribution in [1.82, 2.24) is 10.3 Å². The lowest BCUT2D eigenvalue weighted by Gasteiger charge is -2.07. The molecular formula is C8H7F3N2O2. The van der Waals surface area contributed by atoms with E-state index in [1.54, 1.807) is 0 Å². The van der Waals surface area contributed by atoms with E-state index in [1.165, 1.54) is 13.1 Å². The zero-order chi connectivity index (χ0) is 11.5. The first-order valence-corrected chi connectivity index (χ1v) is 3.86. The Bertz CT molecular complexity index is 348. The van der Waals surface area contributed by atoms with Crippen LogP contribution in [0.3, 0.4) is 0 Å². The monoisotopic (exact) mass is 220 g/mol. The van der Waals surface area contributed by atoms with Crippen molar-refractivity contribution in [3.8, 4) is 5.88 Å². The summed E-state index contributed by atoms with van der Waals surface area (Å²) in [6, 6.07) is 2.16. The molecule has 1 N–H and O–H groups in total. The van der Waals surface area contributed by atoms with Crippen LogP contribution in [0.1, 0.15) is 10.4 Å². The van der Waals surface area contributed by atoms with Crippen molar-refractivity contribution in [3.63, 3.8) is 0 Å². The Morgan fingerprint density at radius 1 is 1.47 bits per heavy atom. The standard InChI is InChI=1S/C8H7F3N2O2/c1-12-7(14)5-2-3-6(13-4-5)15-8(9,10)11/h2-4H,1H3,(H,12,14). The van der Waals surface area contributed by atoms with Gasteiger partial charge in [-0.2, -0.15) is 0 Å². The van der Waals surface area contributed by atoms with Crippen LogP contribution in [0, 0.1) is 0 Å². The minimum Gasteiger partial charge on any atom is -0.388 e. The molecule has 15 heavy (non-hydrogen) atoms. The largest absolute Gasteiger partial charge is 0.574 e. The smallest absolute Gasteiger partial charge is 0.388 e. The molecule has 1 aromatic heterocycles. The van der Waals surface area contributed by atoms with Gasteiger partial charge in [0.25, 0.3) is 5.91 Å². The SMILES string of the molecule is CNC(=O)c1ccc(OC(F)(F)F)nc1. The predicted octanol–water partition coefficient (Wildman–Crippen LogP) is 1.34. The molecular weight excluding hydrogens is 213 g/mol. The fourth-order valence-corrected chi connectivity index (χ4v) is 0.838. The Hall–Kier alpha value is -1.79. The minimum atomic E-state index is -4.78. The topological polar surface area (TPSA) is 51.2 Å². The van der Waals surface area contributed by atoms with E-state index in [0.717, 1.165) is 12.3 Å². The average Bonchev–Trinajstić information content (AvgIpc) is 2.15. The van der Waals surface area contributed by atoms with Gasteiger partial charge in [0.2, 0.25) is 5.88 Å². The summed E-state index contributed by atoms with van der Waals surface area (Å²) in [4.78, 5) is 14.3. The first-order valence-electron chi connectivity index (χ1n) is 3.86. The van der Waals surface area contributed by atoms with E-state index >= 15 is 0 Å². The first kappa shape index (κ1) is 11.3. The summed E-state index contributed by atoms with van der Waals surface area (Å²) in [5.41, 5.74) is 0.159.